The third-order valence-corrected chi connectivity index (χ3v) is 4.92. The molecule has 0 spiro atoms. The molecule has 1 aromatic carbocycles. The van der Waals surface area contributed by atoms with Crippen LogP contribution in [0.25, 0.3) is 0 Å². The summed E-state index contributed by atoms with van der Waals surface area (Å²) in [4.78, 5) is 15.7. The van der Waals surface area contributed by atoms with Crippen LogP contribution in [0.15, 0.2) is 42.7 Å². The molecule has 7 heteroatoms. The van der Waals surface area contributed by atoms with E-state index in [4.69, 9.17) is 4.74 Å². The van der Waals surface area contributed by atoms with Gasteiger partial charge in [0.15, 0.2) is 0 Å². The molecule has 2 N–H and O–H groups in total. The number of ether oxygens (including phenoxy) is 1. The van der Waals surface area contributed by atoms with Crippen LogP contribution in [0.2, 0.25) is 0 Å². The van der Waals surface area contributed by atoms with Crippen molar-refractivity contribution in [2.75, 3.05) is 41.8 Å². The van der Waals surface area contributed by atoms with Gasteiger partial charge in [0.2, 0.25) is 5.95 Å². The molecule has 1 aliphatic heterocycles. The number of pyridine rings is 1. The van der Waals surface area contributed by atoms with E-state index >= 15 is 0 Å². The van der Waals surface area contributed by atoms with Gasteiger partial charge in [-0.15, -0.1) is 0 Å². The van der Waals surface area contributed by atoms with E-state index in [2.05, 4.69) is 63.4 Å². The highest BCUT2D eigenvalue weighted by atomic mass is 16.5. The number of rotatable bonds is 5. The summed E-state index contributed by atoms with van der Waals surface area (Å²) in [5, 5.41) is 6.65. The van der Waals surface area contributed by atoms with Crippen molar-refractivity contribution in [3.63, 3.8) is 0 Å². The van der Waals surface area contributed by atoms with Gasteiger partial charge in [0.1, 0.15) is 11.6 Å². The van der Waals surface area contributed by atoms with E-state index in [9.17, 15) is 0 Å². The van der Waals surface area contributed by atoms with Crippen molar-refractivity contribution in [2.24, 2.45) is 0 Å². The van der Waals surface area contributed by atoms with Crippen molar-refractivity contribution in [2.45, 2.75) is 20.8 Å². The van der Waals surface area contributed by atoms with Crippen molar-refractivity contribution in [1.29, 1.82) is 0 Å². The number of nitrogens with zero attached hydrogens (tertiary/aromatic N) is 4. The average molecular weight is 390 g/mol. The molecule has 1 aliphatic rings. The predicted molar refractivity (Wildman–Crippen MR) is 117 cm³/mol. The first-order valence-electron chi connectivity index (χ1n) is 9.82. The molecule has 1 saturated heterocycles. The van der Waals surface area contributed by atoms with E-state index in [0.29, 0.717) is 5.95 Å². The Kier molecular flexibility index (Phi) is 5.57. The van der Waals surface area contributed by atoms with Crippen molar-refractivity contribution in [3.8, 4) is 0 Å². The first-order valence-corrected chi connectivity index (χ1v) is 9.82. The Balaban J connectivity index is 1.46. The van der Waals surface area contributed by atoms with Crippen LogP contribution in [0.3, 0.4) is 0 Å². The number of aryl methyl sites for hydroxylation is 3. The van der Waals surface area contributed by atoms with E-state index in [1.807, 2.05) is 24.4 Å². The molecule has 0 unspecified atom stereocenters. The minimum atomic E-state index is 0.526. The molecule has 3 heterocycles. The lowest BCUT2D eigenvalue weighted by Crippen LogP contribution is -2.36. The van der Waals surface area contributed by atoms with E-state index in [1.54, 1.807) is 6.20 Å². The Morgan fingerprint density at radius 3 is 2.38 bits per heavy atom. The maximum absolute atomic E-state index is 5.39. The van der Waals surface area contributed by atoms with Gasteiger partial charge in [0.05, 0.1) is 25.1 Å². The normalized spacial score (nSPS) is 14.0. The maximum Gasteiger partial charge on any atom is 0.229 e. The fourth-order valence-electron chi connectivity index (χ4n) is 3.56. The van der Waals surface area contributed by atoms with Gasteiger partial charge in [-0.2, -0.15) is 4.98 Å². The second-order valence-corrected chi connectivity index (χ2v) is 7.29. The molecule has 0 atom stereocenters. The van der Waals surface area contributed by atoms with Gasteiger partial charge in [0.25, 0.3) is 0 Å². The lowest BCUT2D eigenvalue weighted by molar-refractivity contribution is 0.122. The zero-order valence-electron chi connectivity index (χ0n) is 17.1. The summed E-state index contributed by atoms with van der Waals surface area (Å²) in [5.41, 5.74) is 5.57. The monoisotopic (exact) mass is 390 g/mol. The van der Waals surface area contributed by atoms with Crippen LogP contribution in [0.1, 0.15) is 16.7 Å². The van der Waals surface area contributed by atoms with Crippen LogP contribution in [0, 0.1) is 20.8 Å². The molecule has 150 valence electrons. The van der Waals surface area contributed by atoms with Gasteiger partial charge in [-0.3, -0.25) is 0 Å². The zero-order chi connectivity index (χ0) is 20.2. The first kappa shape index (κ1) is 19.1. The third kappa shape index (κ3) is 4.63. The molecule has 0 aliphatic carbocycles. The van der Waals surface area contributed by atoms with Crippen LogP contribution in [-0.4, -0.2) is 41.3 Å². The summed E-state index contributed by atoms with van der Waals surface area (Å²) in [6.45, 7) is 9.54. The Morgan fingerprint density at radius 1 is 0.931 bits per heavy atom. The van der Waals surface area contributed by atoms with Crippen LogP contribution in [-0.2, 0) is 4.74 Å². The molecular weight excluding hydrogens is 364 g/mol. The summed E-state index contributed by atoms with van der Waals surface area (Å²) in [7, 11) is 0. The Hall–Kier alpha value is -3.19. The fraction of sp³-hybridized carbons (Fsp3) is 0.318. The minimum Gasteiger partial charge on any atom is -0.378 e. The summed E-state index contributed by atoms with van der Waals surface area (Å²) >= 11 is 0. The lowest BCUT2D eigenvalue weighted by atomic mass is 10.1. The van der Waals surface area contributed by atoms with Gasteiger partial charge in [-0.05, 0) is 50.1 Å². The highest BCUT2D eigenvalue weighted by Crippen LogP contribution is 2.25. The second-order valence-electron chi connectivity index (χ2n) is 7.29. The molecule has 1 fully saturated rings. The topological polar surface area (TPSA) is 75.2 Å². The third-order valence-electron chi connectivity index (χ3n) is 4.92. The summed E-state index contributed by atoms with van der Waals surface area (Å²) in [6.07, 6.45) is 3.55. The molecule has 3 aromatic rings. The number of hydrogen-bond acceptors (Lipinski definition) is 7. The van der Waals surface area contributed by atoms with Gasteiger partial charge in [-0.25, -0.2) is 9.97 Å². The summed E-state index contributed by atoms with van der Waals surface area (Å²) in [6, 6.07) is 10.2. The smallest absolute Gasteiger partial charge is 0.229 e. The van der Waals surface area contributed by atoms with Crippen LogP contribution in [0.5, 0.6) is 0 Å². The minimum absolute atomic E-state index is 0.526. The van der Waals surface area contributed by atoms with E-state index in [1.165, 1.54) is 16.7 Å². The second kappa shape index (κ2) is 8.45. The number of aromatic nitrogens is 3. The van der Waals surface area contributed by atoms with Crippen molar-refractivity contribution >= 4 is 29.0 Å². The molecule has 29 heavy (non-hydrogen) atoms. The molecule has 4 rings (SSSR count). The highest BCUT2D eigenvalue weighted by Gasteiger charge is 2.12. The van der Waals surface area contributed by atoms with Gasteiger partial charge in [-0.1, -0.05) is 17.7 Å². The van der Waals surface area contributed by atoms with Crippen molar-refractivity contribution in [3.05, 3.63) is 59.4 Å². The first-order chi connectivity index (χ1) is 14.1. The standard InChI is InChI=1S/C22H26N6O/c1-15-12-16(2)21(17(3)13-15)26-19-6-7-23-22(27-19)25-18-4-5-20(24-14-18)28-8-10-29-11-9-28/h4-7,12-14H,8-11H2,1-3H3,(H2,23,25,26,27). The molecule has 0 bridgehead atoms. The van der Waals surface area contributed by atoms with Crippen molar-refractivity contribution in [1.82, 2.24) is 15.0 Å². The average Bonchev–Trinajstić information content (AvgIpc) is 2.72. The number of nitrogens with one attached hydrogen (secondary N) is 2. The molecule has 0 saturated carbocycles. The highest BCUT2D eigenvalue weighted by molar-refractivity contribution is 5.66. The Bertz CT molecular complexity index is 960. The van der Waals surface area contributed by atoms with Crippen LogP contribution >= 0.6 is 0 Å². The summed E-state index contributed by atoms with van der Waals surface area (Å²) < 4.78 is 5.39. The van der Waals surface area contributed by atoms with E-state index in [0.717, 1.165) is 49.3 Å². The molecule has 0 radical (unpaired) electrons. The van der Waals surface area contributed by atoms with E-state index < -0.39 is 0 Å². The number of benzene rings is 1. The van der Waals surface area contributed by atoms with Gasteiger partial charge in [0, 0.05) is 25.0 Å². The molecule has 7 nitrogen and oxygen atoms in total. The number of morpholine rings is 1. The SMILES string of the molecule is Cc1cc(C)c(Nc2ccnc(Nc3ccc(N4CCOCC4)nc3)n2)c(C)c1. The number of anilines is 5. The zero-order valence-corrected chi connectivity index (χ0v) is 17.1. The largest absolute Gasteiger partial charge is 0.378 e. The fourth-order valence-corrected chi connectivity index (χ4v) is 3.56. The van der Waals surface area contributed by atoms with Gasteiger partial charge < -0.3 is 20.3 Å². The summed E-state index contributed by atoms with van der Waals surface area (Å²) in [5.74, 6) is 2.23. The number of hydrogen-bond donors (Lipinski definition) is 2. The van der Waals surface area contributed by atoms with Crippen molar-refractivity contribution < 1.29 is 4.74 Å². The van der Waals surface area contributed by atoms with Crippen LogP contribution < -0.4 is 15.5 Å². The van der Waals surface area contributed by atoms with Crippen LogP contribution in [0.4, 0.5) is 29.0 Å². The Labute approximate surface area is 171 Å². The maximum atomic E-state index is 5.39. The Morgan fingerprint density at radius 2 is 1.69 bits per heavy atom. The van der Waals surface area contributed by atoms with E-state index in [-0.39, 0.29) is 0 Å². The molecule has 0 amide bonds. The van der Waals surface area contributed by atoms with Gasteiger partial charge >= 0.3 is 0 Å². The quantitative estimate of drug-likeness (QED) is 0.679. The molecular formula is C22H26N6O. The molecule has 2 aromatic heterocycles. The lowest BCUT2D eigenvalue weighted by Gasteiger charge is -2.27. The predicted octanol–water partition coefficient (Wildman–Crippen LogP) is 4.12.